The van der Waals surface area contributed by atoms with Gasteiger partial charge in [-0.15, -0.1) is 0 Å². The zero-order chi connectivity index (χ0) is 61.9. The van der Waals surface area contributed by atoms with E-state index in [4.69, 9.17) is 29.4 Å². The molecule has 2 aromatic heterocycles. The van der Waals surface area contributed by atoms with Gasteiger partial charge in [-0.1, -0.05) is 261 Å². The second kappa shape index (κ2) is 21.1. The molecule has 2 aliphatic carbocycles. The minimum atomic E-state index is -0.737. The van der Waals surface area contributed by atoms with Crippen LogP contribution >= 0.6 is 0 Å². The zero-order valence-corrected chi connectivity index (χ0v) is 50.8. The summed E-state index contributed by atoms with van der Waals surface area (Å²) in [6, 6.07) is 117. The van der Waals surface area contributed by atoms with Crippen molar-refractivity contribution >= 4 is 0 Å². The van der Waals surface area contributed by atoms with Gasteiger partial charge in [-0.3, -0.25) is 0 Å². The van der Waals surface area contributed by atoms with E-state index in [1.54, 1.807) is 0 Å². The number of rotatable bonds is 8. The van der Waals surface area contributed by atoms with Gasteiger partial charge in [-0.25, -0.2) is 19.9 Å². The normalized spacial score (nSPS) is 13.4. The molecule has 4 heterocycles. The van der Waals surface area contributed by atoms with Crippen molar-refractivity contribution in [2.45, 2.75) is 10.8 Å². The van der Waals surface area contributed by atoms with Crippen molar-refractivity contribution < 1.29 is 9.47 Å². The highest BCUT2D eigenvalue weighted by molar-refractivity contribution is 5.92. The van der Waals surface area contributed by atoms with Gasteiger partial charge in [-0.05, 0) is 133 Å². The van der Waals surface area contributed by atoms with Crippen molar-refractivity contribution in [3.05, 3.63) is 372 Å². The second-order valence-electron chi connectivity index (χ2n) is 24.7. The van der Waals surface area contributed by atoms with Crippen LogP contribution in [0.1, 0.15) is 44.5 Å². The molecule has 438 valence electrons. The van der Waals surface area contributed by atoms with Crippen LogP contribution in [0.25, 0.3) is 112 Å². The van der Waals surface area contributed by atoms with Crippen LogP contribution in [0.4, 0.5) is 0 Å². The molecular weight excluding hydrogens is 1140 g/mol. The molecule has 0 fully saturated rings. The molecule has 19 rings (SSSR count). The van der Waals surface area contributed by atoms with E-state index in [1.807, 2.05) is 42.5 Å². The molecular formula is C88H54N4O2. The molecule has 0 saturated carbocycles. The van der Waals surface area contributed by atoms with Gasteiger partial charge in [0.1, 0.15) is 23.0 Å². The van der Waals surface area contributed by atoms with Gasteiger partial charge in [0.15, 0.2) is 11.6 Å². The van der Waals surface area contributed by atoms with Gasteiger partial charge in [0, 0.05) is 55.6 Å². The average molecular weight is 1200 g/mol. The van der Waals surface area contributed by atoms with Crippen LogP contribution in [-0.2, 0) is 10.8 Å². The van der Waals surface area contributed by atoms with Crippen molar-refractivity contribution in [2.75, 3.05) is 0 Å². The van der Waals surface area contributed by atoms with Crippen molar-refractivity contribution in [2.24, 2.45) is 0 Å². The largest absolute Gasteiger partial charge is 0.457 e. The fourth-order valence-electron chi connectivity index (χ4n) is 15.5. The minimum absolute atomic E-state index is 0.624. The molecule has 15 aromatic rings. The van der Waals surface area contributed by atoms with E-state index in [-0.39, 0.29) is 0 Å². The quantitative estimate of drug-likeness (QED) is 0.151. The Morgan fingerprint density at radius 3 is 1.00 bits per heavy atom. The van der Waals surface area contributed by atoms with Gasteiger partial charge in [0.25, 0.3) is 0 Å². The van der Waals surface area contributed by atoms with Gasteiger partial charge >= 0.3 is 0 Å². The van der Waals surface area contributed by atoms with Crippen molar-refractivity contribution in [1.29, 1.82) is 0 Å². The average Bonchev–Trinajstić information content (AvgIpc) is 1.50. The molecule has 0 amide bonds. The summed E-state index contributed by atoms with van der Waals surface area (Å²) in [4.78, 5) is 21.4. The summed E-state index contributed by atoms with van der Waals surface area (Å²) < 4.78 is 14.2. The van der Waals surface area contributed by atoms with Crippen LogP contribution in [0, 0.1) is 0 Å². The molecule has 94 heavy (non-hydrogen) atoms. The second-order valence-corrected chi connectivity index (χ2v) is 24.7. The van der Waals surface area contributed by atoms with Crippen LogP contribution in [0.3, 0.4) is 0 Å². The lowest BCUT2D eigenvalue weighted by molar-refractivity contribution is 0.436. The SMILES string of the molecule is c1ccc(-c2ccc(-c3cc(-c4ccc5c(c4)C4(c6ccc(-c7cccc(-c8cc(-c9ccc%10c(c9)C9(c%11ccccc%11O%10)c%10ccccc%10-c%10ccccc%109)nc(-c9ccccc9)n8)c7)cc6O5)c5ccccc5-c5ccccc54)nc(-c4ccccc4)n3)cc2)cc1. The first-order valence-corrected chi connectivity index (χ1v) is 32.0. The number of fused-ring (bicyclic) bond motifs is 18. The number of benzene rings is 13. The van der Waals surface area contributed by atoms with Crippen LogP contribution < -0.4 is 9.47 Å². The van der Waals surface area contributed by atoms with Gasteiger partial charge < -0.3 is 9.47 Å². The maximum Gasteiger partial charge on any atom is 0.160 e. The Morgan fingerprint density at radius 2 is 0.500 bits per heavy atom. The van der Waals surface area contributed by atoms with E-state index in [0.29, 0.717) is 11.6 Å². The smallest absolute Gasteiger partial charge is 0.160 e. The molecule has 6 heteroatoms. The topological polar surface area (TPSA) is 70.0 Å². The Balaban J connectivity index is 0.733. The Labute approximate surface area is 544 Å². The van der Waals surface area contributed by atoms with Crippen LogP contribution in [0.2, 0.25) is 0 Å². The molecule has 0 unspecified atom stereocenters. The van der Waals surface area contributed by atoms with Crippen molar-refractivity contribution in [1.82, 2.24) is 19.9 Å². The Hall–Kier alpha value is -12.4. The number of para-hydroxylation sites is 1. The lowest BCUT2D eigenvalue weighted by Crippen LogP contribution is -2.32. The first-order chi connectivity index (χ1) is 46.5. The summed E-state index contributed by atoms with van der Waals surface area (Å²) in [6.07, 6.45) is 0. The van der Waals surface area contributed by atoms with E-state index < -0.39 is 10.8 Å². The van der Waals surface area contributed by atoms with Crippen molar-refractivity contribution in [3.63, 3.8) is 0 Å². The molecule has 4 aliphatic rings. The predicted molar refractivity (Wildman–Crippen MR) is 376 cm³/mol. The fraction of sp³-hybridized carbons (Fsp3) is 0.0227. The lowest BCUT2D eigenvalue weighted by atomic mass is 9.65. The van der Waals surface area contributed by atoms with E-state index in [9.17, 15) is 0 Å². The first-order valence-electron chi connectivity index (χ1n) is 32.0. The fourth-order valence-corrected chi connectivity index (χ4v) is 15.5. The maximum atomic E-state index is 7.30. The molecule has 0 radical (unpaired) electrons. The summed E-state index contributed by atoms with van der Waals surface area (Å²) in [6.45, 7) is 0. The van der Waals surface area contributed by atoms with Crippen LogP contribution in [0.15, 0.2) is 328 Å². The highest BCUT2D eigenvalue weighted by Gasteiger charge is 2.53. The van der Waals surface area contributed by atoms with Gasteiger partial charge in [0.2, 0.25) is 0 Å². The summed E-state index contributed by atoms with van der Waals surface area (Å²) in [5.74, 6) is 4.56. The van der Waals surface area contributed by atoms with Gasteiger partial charge in [-0.2, -0.15) is 0 Å². The van der Waals surface area contributed by atoms with E-state index in [0.717, 1.165) is 118 Å². The van der Waals surface area contributed by atoms with E-state index in [2.05, 4.69) is 285 Å². The Kier molecular flexibility index (Phi) is 12.0. The molecule has 6 nitrogen and oxygen atoms in total. The first kappa shape index (κ1) is 53.5. The minimum Gasteiger partial charge on any atom is -0.457 e. The predicted octanol–water partition coefficient (Wildman–Crippen LogP) is 21.5. The summed E-state index contributed by atoms with van der Waals surface area (Å²) in [5.41, 5.74) is 26.1. The van der Waals surface area contributed by atoms with E-state index >= 15 is 0 Å². The maximum absolute atomic E-state index is 7.30. The Morgan fingerprint density at radius 1 is 0.181 bits per heavy atom. The lowest BCUT2D eigenvalue weighted by Gasteiger charge is -2.39. The standard InChI is InChI=1S/C88H54N4O2/c1-4-21-55(22-5-1)56-39-41-57(42-40-56)77-53-79(91-85(89-77)58-23-6-2-7-24-58)63-45-48-83-76(51-63)88(71-35-16-12-31-67(71)68-32-13-17-36-72(68)88)74-46-43-61(52-84(74)94-83)60-27-20-28-62(49-60)78-54-80(92-86(90-78)59-25-8-3-9-26-59)64-44-47-82-75(50-64)87(73-37-18-19-38-81(73)93-82)69-33-14-10-29-65(69)66-30-11-15-34-70(66)87/h1-54H. The third-order valence-corrected chi connectivity index (χ3v) is 19.7. The van der Waals surface area contributed by atoms with Gasteiger partial charge in [0.05, 0.1) is 33.6 Å². The molecule has 0 bridgehead atoms. The zero-order valence-electron chi connectivity index (χ0n) is 50.8. The Bertz CT molecular complexity index is 5480. The number of hydrogen-bond acceptors (Lipinski definition) is 6. The highest BCUT2D eigenvalue weighted by Crippen LogP contribution is 2.64. The van der Waals surface area contributed by atoms with E-state index in [1.165, 1.54) is 50.1 Å². The number of hydrogen-bond donors (Lipinski definition) is 0. The molecule has 0 saturated heterocycles. The number of ether oxygens (including phenoxy) is 2. The molecule has 2 aliphatic heterocycles. The van der Waals surface area contributed by atoms with Crippen LogP contribution in [-0.4, -0.2) is 19.9 Å². The van der Waals surface area contributed by atoms with Crippen molar-refractivity contribution in [3.8, 4) is 135 Å². The molecule has 0 atom stereocenters. The summed E-state index contributed by atoms with van der Waals surface area (Å²) in [7, 11) is 0. The highest BCUT2D eigenvalue weighted by atomic mass is 16.5. The summed E-state index contributed by atoms with van der Waals surface area (Å²) in [5, 5.41) is 0. The molecule has 0 N–H and O–H groups in total. The molecule has 13 aromatic carbocycles. The number of nitrogens with zero attached hydrogens (tertiary/aromatic N) is 4. The van der Waals surface area contributed by atoms with Crippen LogP contribution in [0.5, 0.6) is 23.0 Å². The summed E-state index contributed by atoms with van der Waals surface area (Å²) >= 11 is 0. The third kappa shape index (κ3) is 8.16. The monoisotopic (exact) mass is 1200 g/mol. The molecule has 2 spiro atoms. The third-order valence-electron chi connectivity index (χ3n) is 19.7. The number of aromatic nitrogens is 4.